The second kappa shape index (κ2) is 11.2. The van der Waals surface area contributed by atoms with Gasteiger partial charge < -0.3 is 30.1 Å². The summed E-state index contributed by atoms with van der Waals surface area (Å²) in [4.78, 5) is 26.2. The second-order valence-electron chi connectivity index (χ2n) is 9.35. The van der Waals surface area contributed by atoms with E-state index >= 15 is 0 Å². The number of likely N-dealkylation sites (tertiary alicyclic amines) is 1. The first kappa shape index (κ1) is 25.7. The van der Waals surface area contributed by atoms with Gasteiger partial charge in [0.15, 0.2) is 0 Å². The van der Waals surface area contributed by atoms with E-state index in [1.807, 2.05) is 18.2 Å². The average molecular weight is 538 g/mol. The number of amides is 1. The van der Waals surface area contributed by atoms with Crippen molar-refractivity contribution in [1.29, 1.82) is 0 Å². The summed E-state index contributed by atoms with van der Waals surface area (Å²) in [6, 6.07) is 12.5. The number of rotatable bonds is 8. The van der Waals surface area contributed by atoms with Gasteiger partial charge in [0.1, 0.15) is 16.6 Å². The largest absolute Gasteiger partial charge is 0.437 e. The molecule has 11 heteroatoms. The molecule has 198 valence electrons. The van der Waals surface area contributed by atoms with Gasteiger partial charge in [0.2, 0.25) is 17.7 Å². The van der Waals surface area contributed by atoms with Crippen molar-refractivity contribution in [2.24, 2.45) is 0 Å². The molecule has 2 fully saturated rings. The molecule has 1 amide bonds. The Morgan fingerprint density at radius 1 is 1.16 bits per heavy atom. The van der Waals surface area contributed by atoms with Crippen LogP contribution in [0.5, 0.6) is 11.6 Å². The lowest BCUT2D eigenvalue weighted by atomic mass is 10.1. The van der Waals surface area contributed by atoms with Gasteiger partial charge in [0, 0.05) is 56.7 Å². The van der Waals surface area contributed by atoms with Crippen molar-refractivity contribution in [3.8, 4) is 11.6 Å². The van der Waals surface area contributed by atoms with E-state index in [4.69, 9.17) is 16.3 Å². The third-order valence-corrected chi connectivity index (χ3v) is 6.81. The Bertz CT molecular complexity index is 1330. The van der Waals surface area contributed by atoms with Crippen LogP contribution in [-0.2, 0) is 4.79 Å². The summed E-state index contributed by atoms with van der Waals surface area (Å²) in [6.07, 6.45) is 2.75. The summed E-state index contributed by atoms with van der Waals surface area (Å²) in [5.74, 6) is 0.547. The molecule has 2 aliphatic rings. The SMILES string of the molecule is C=CC(=O)N1CC(Nc2cccc(Oc3nc(Nc4ccc(N5CCN(C)CC5)c(F)c4)ncc3Cl)c2)C1. The summed E-state index contributed by atoms with van der Waals surface area (Å²) < 4.78 is 20.8. The number of piperazine rings is 1. The third-order valence-electron chi connectivity index (χ3n) is 6.55. The first-order chi connectivity index (χ1) is 18.4. The molecular weight excluding hydrogens is 509 g/mol. The monoisotopic (exact) mass is 537 g/mol. The quantitative estimate of drug-likeness (QED) is 0.410. The third kappa shape index (κ3) is 5.98. The number of nitrogens with one attached hydrogen (secondary N) is 2. The Labute approximate surface area is 225 Å². The molecule has 38 heavy (non-hydrogen) atoms. The number of halogens is 2. The van der Waals surface area contributed by atoms with Crippen molar-refractivity contribution < 1.29 is 13.9 Å². The zero-order valence-corrected chi connectivity index (χ0v) is 21.8. The number of aromatic nitrogens is 2. The van der Waals surface area contributed by atoms with Gasteiger partial charge in [-0.15, -0.1) is 0 Å². The molecule has 0 bridgehead atoms. The lowest BCUT2D eigenvalue weighted by Crippen LogP contribution is -2.56. The van der Waals surface area contributed by atoms with Crippen molar-refractivity contribution in [1.82, 2.24) is 19.8 Å². The molecule has 3 aromatic rings. The van der Waals surface area contributed by atoms with Crippen molar-refractivity contribution in [3.05, 3.63) is 72.2 Å². The number of nitrogens with zero attached hydrogens (tertiary/aromatic N) is 5. The molecule has 9 nitrogen and oxygen atoms in total. The average Bonchev–Trinajstić information content (AvgIpc) is 2.88. The van der Waals surface area contributed by atoms with Crippen LogP contribution < -0.4 is 20.3 Å². The molecule has 0 aliphatic carbocycles. The molecule has 0 atom stereocenters. The Hall–Kier alpha value is -3.89. The fourth-order valence-electron chi connectivity index (χ4n) is 4.38. The molecule has 0 spiro atoms. The van der Waals surface area contributed by atoms with Crippen molar-refractivity contribution in [2.45, 2.75) is 6.04 Å². The van der Waals surface area contributed by atoms with Gasteiger partial charge in [-0.1, -0.05) is 24.2 Å². The van der Waals surface area contributed by atoms with Crippen molar-refractivity contribution >= 4 is 40.5 Å². The zero-order valence-electron chi connectivity index (χ0n) is 21.0. The summed E-state index contributed by atoms with van der Waals surface area (Å²) in [5, 5.41) is 6.65. The van der Waals surface area contributed by atoms with Gasteiger partial charge in [-0.3, -0.25) is 4.79 Å². The number of carbonyl (C=O) groups is 1. The maximum atomic E-state index is 14.9. The van der Waals surface area contributed by atoms with Gasteiger partial charge in [0.05, 0.1) is 17.9 Å². The van der Waals surface area contributed by atoms with E-state index in [9.17, 15) is 9.18 Å². The maximum Gasteiger partial charge on any atom is 0.246 e. The number of hydrogen-bond donors (Lipinski definition) is 2. The molecule has 2 aliphatic heterocycles. The molecule has 0 radical (unpaired) electrons. The number of benzene rings is 2. The Morgan fingerprint density at radius 2 is 1.95 bits per heavy atom. The molecule has 1 aromatic heterocycles. The van der Waals surface area contributed by atoms with Crippen LogP contribution in [0.25, 0.3) is 0 Å². The van der Waals surface area contributed by atoms with Crippen LogP contribution in [0.15, 0.2) is 61.3 Å². The van der Waals surface area contributed by atoms with E-state index in [0.717, 1.165) is 31.9 Å². The lowest BCUT2D eigenvalue weighted by Gasteiger charge is -2.39. The van der Waals surface area contributed by atoms with Crippen LogP contribution in [0.1, 0.15) is 0 Å². The number of anilines is 4. The molecule has 2 N–H and O–H groups in total. The standard InChI is InChI=1S/C27H29ClFN7O2/c1-3-25(37)36-16-20(17-36)31-18-5-4-6-21(13-18)38-26-22(28)15-30-27(33-26)32-19-7-8-24(23(29)14-19)35-11-9-34(2)10-12-35/h3-8,13-15,20,31H,1,9-12,16-17H2,2H3,(H,30,32,33). The number of hydrogen-bond acceptors (Lipinski definition) is 8. The second-order valence-corrected chi connectivity index (χ2v) is 9.75. The van der Waals surface area contributed by atoms with Crippen molar-refractivity contribution in [2.75, 3.05) is 61.8 Å². The first-order valence-electron chi connectivity index (χ1n) is 12.4. The van der Waals surface area contributed by atoms with Crippen LogP contribution >= 0.6 is 11.6 Å². The predicted molar refractivity (Wildman–Crippen MR) is 147 cm³/mol. The van der Waals surface area contributed by atoms with Crippen LogP contribution in [0.4, 0.5) is 27.4 Å². The van der Waals surface area contributed by atoms with Gasteiger partial charge in [-0.25, -0.2) is 9.37 Å². The molecule has 5 rings (SSSR count). The smallest absolute Gasteiger partial charge is 0.246 e. The van der Waals surface area contributed by atoms with Crippen LogP contribution in [0, 0.1) is 5.82 Å². The Morgan fingerprint density at radius 3 is 2.68 bits per heavy atom. The highest BCUT2D eigenvalue weighted by molar-refractivity contribution is 6.31. The van der Waals surface area contributed by atoms with Gasteiger partial charge in [-0.2, -0.15) is 4.98 Å². The molecule has 2 saturated heterocycles. The highest BCUT2D eigenvalue weighted by atomic mass is 35.5. The minimum absolute atomic E-state index is 0.0725. The molecule has 3 heterocycles. The highest BCUT2D eigenvalue weighted by Gasteiger charge is 2.29. The van der Waals surface area contributed by atoms with Crippen molar-refractivity contribution in [3.63, 3.8) is 0 Å². The predicted octanol–water partition coefficient (Wildman–Crippen LogP) is 4.37. The minimum atomic E-state index is -0.308. The fourth-order valence-corrected chi connectivity index (χ4v) is 4.51. The van der Waals surface area contributed by atoms with Gasteiger partial charge in [-0.05, 0) is 43.5 Å². The molecule has 2 aromatic carbocycles. The highest BCUT2D eigenvalue weighted by Crippen LogP contribution is 2.31. The van der Waals surface area contributed by atoms with E-state index < -0.39 is 0 Å². The summed E-state index contributed by atoms with van der Waals surface area (Å²) >= 11 is 6.30. The first-order valence-corrected chi connectivity index (χ1v) is 12.7. The Kier molecular flexibility index (Phi) is 7.62. The van der Waals surface area contributed by atoms with E-state index in [-0.39, 0.29) is 34.6 Å². The van der Waals surface area contributed by atoms with Crippen LogP contribution in [0.3, 0.4) is 0 Å². The fraction of sp³-hybridized carbons (Fsp3) is 0.296. The number of ether oxygens (including phenoxy) is 1. The van der Waals surface area contributed by atoms with Gasteiger partial charge in [0.25, 0.3) is 0 Å². The molecular formula is C27H29ClFN7O2. The van der Waals surface area contributed by atoms with E-state index in [1.54, 1.807) is 23.1 Å². The zero-order chi connectivity index (χ0) is 26.6. The maximum absolute atomic E-state index is 14.9. The summed E-state index contributed by atoms with van der Waals surface area (Å²) in [5.41, 5.74) is 1.95. The number of carbonyl (C=O) groups excluding carboxylic acids is 1. The molecule has 0 saturated carbocycles. The molecule has 0 unspecified atom stereocenters. The van der Waals surface area contributed by atoms with E-state index in [0.29, 0.717) is 30.2 Å². The van der Waals surface area contributed by atoms with E-state index in [1.165, 1.54) is 18.3 Å². The van der Waals surface area contributed by atoms with Crippen LogP contribution in [-0.4, -0.2) is 78.0 Å². The summed E-state index contributed by atoms with van der Waals surface area (Å²) in [6.45, 7) is 8.10. The lowest BCUT2D eigenvalue weighted by molar-refractivity contribution is -0.129. The minimum Gasteiger partial charge on any atom is -0.437 e. The number of likely N-dealkylation sites (N-methyl/N-ethyl adjacent to an activating group) is 1. The topological polar surface area (TPSA) is 85.9 Å². The van der Waals surface area contributed by atoms with E-state index in [2.05, 4.69) is 44.0 Å². The Balaban J connectivity index is 1.23. The summed E-state index contributed by atoms with van der Waals surface area (Å²) in [7, 11) is 2.07. The normalized spacial score (nSPS) is 16.1. The van der Waals surface area contributed by atoms with Crippen LogP contribution in [0.2, 0.25) is 5.02 Å². The van der Waals surface area contributed by atoms with Gasteiger partial charge >= 0.3 is 0 Å².